The van der Waals surface area contributed by atoms with Gasteiger partial charge in [0.25, 0.3) is 0 Å². The third-order valence-electron chi connectivity index (χ3n) is 3.25. The molecule has 0 spiro atoms. The lowest BCUT2D eigenvalue weighted by Gasteiger charge is -2.13. The molecule has 0 aliphatic carbocycles. The molecule has 0 aliphatic rings. The second-order valence-electron chi connectivity index (χ2n) is 5.03. The van der Waals surface area contributed by atoms with Crippen LogP contribution in [0.4, 0.5) is 0 Å². The third-order valence-corrected chi connectivity index (χ3v) is 3.25. The maximum Gasteiger partial charge on any atom is 0.189 e. The fraction of sp³-hybridized carbons (Fsp3) is 0.533. The molecule has 1 rings (SSSR count). The highest BCUT2D eigenvalue weighted by molar-refractivity contribution is 14.0. The van der Waals surface area contributed by atoms with E-state index in [1.165, 1.54) is 22.3 Å². The van der Waals surface area contributed by atoms with Crippen LogP contribution < -0.4 is 11.1 Å². The first kappa shape index (κ1) is 18.2. The largest absolute Gasteiger partial charge is 0.370 e. The predicted octanol–water partition coefficient (Wildman–Crippen LogP) is 3.43. The molecule has 0 fully saturated rings. The molecule has 3 N–H and O–H groups in total. The van der Waals surface area contributed by atoms with E-state index in [4.69, 9.17) is 5.73 Å². The number of hydrogen-bond donors (Lipinski definition) is 2. The van der Waals surface area contributed by atoms with Crippen molar-refractivity contribution in [2.24, 2.45) is 10.7 Å². The Morgan fingerprint density at radius 3 is 2.26 bits per heavy atom. The Balaban J connectivity index is 0.00000324. The smallest absolute Gasteiger partial charge is 0.189 e. The summed E-state index contributed by atoms with van der Waals surface area (Å²) in [5.74, 6) is 0.531. The van der Waals surface area contributed by atoms with Gasteiger partial charge in [0, 0.05) is 6.04 Å². The molecule has 3 nitrogen and oxygen atoms in total. The molecule has 1 unspecified atom stereocenters. The fourth-order valence-corrected chi connectivity index (χ4v) is 2.02. The molecule has 1 aromatic rings. The van der Waals surface area contributed by atoms with E-state index in [0.717, 1.165) is 6.42 Å². The van der Waals surface area contributed by atoms with E-state index in [1.54, 1.807) is 0 Å². The lowest BCUT2D eigenvalue weighted by Crippen LogP contribution is -2.38. The molecule has 1 aromatic carbocycles. The highest BCUT2D eigenvalue weighted by Crippen LogP contribution is 2.17. The van der Waals surface area contributed by atoms with Gasteiger partial charge >= 0.3 is 0 Å². The van der Waals surface area contributed by atoms with Gasteiger partial charge in [0.05, 0.1) is 6.54 Å². The van der Waals surface area contributed by atoms with Crippen molar-refractivity contribution in [2.75, 3.05) is 0 Å². The molecule has 0 aromatic heterocycles. The fourth-order valence-electron chi connectivity index (χ4n) is 2.02. The van der Waals surface area contributed by atoms with Crippen molar-refractivity contribution in [3.8, 4) is 0 Å². The minimum Gasteiger partial charge on any atom is -0.370 e. The maximum atomic E-state index is 5.87. The first-order valence-electron chi connectivity index (χ1n) is 6.57. The number of nitrogens with zero attached hydrogens (tertiary/aromatic N) is 1. The Morgan fingerprint density at radius 1 is 1.26 bits per heavy atom. The zero-order valence-electron chi connectivity index (χ0n) is 12.6. The number of aryl methyl sites for hydroxylation is 3. The summed E-state index contributed by atoms with van der Waals surface area (Å²) in [6.07, 6.45) is 1.04. The molecule has 1 atom stereocenters. The van der Waals surface area contributed by atoms with Gasteiger partial charge in [-0.1, -0.05) is 24.6 Å². The van der Waals surface area contributed by atoms with Crippen LogP contribution in [0.5, 0.6) is 0 Å². The molecule has 108 valence electrons. The van der Waals surface area contributed by atoms with Gasteiger partial charge in [0.2, 0.25) is 0 Å². The topological polar surface area (TPSA) is 50.4 Å². The second-order valence-corrected chi connectivity index (χ2v) is 5.03. The average molecular weight is 375 g/mol. The van der Waals surface area contributed by atoms with Gasteiger partial charge in [-0.05, 0) is 50.8 Å². The van der Waals surface area contributed by atoms with Gasteiger partial charge in [0.15, 0.2) is 5.96 Å². The summed E-state index contributed by atoms with van der Waals surface area (Å²) >= 11 is 0. The summed E-state index contributed by atoms with van der Waals surface area (Å²) < 4.78 is 0. The molecule has 0 bridgehead atoms. The zero-order chi connectivity index (χ0) is 13.7. The minimum absolute atomic E-state index is 0. The number of guanidine groups is 1. The van der Waals surface area contributed by atoms with Gasteiger partial charge in [-0.25, -0.2) is 4.99 Å². The van der Waals surface area contributed by atoms with Crippen LogP contribution >= 0.6 is 24.0 Å². The number of nitrogens with one attached hydrogen (secondary N) is 1. The quantitative estimate of drug-likeness (QED) is 0.481. The predicted molar refractivity (Wildman–Crippen MR) is 94.3 cm³/mol. The summed E-state index contributed by atoms with van der Waals surface area (Å²) in [7, 11) is 0. The Labute approximate surface area is 134 Å². The normalized spacial score (nSPS) is 12.8. The van der Waals surface area contributed by atoms with Gasteiger partial charge in [-0.2, -0.15) is 0 Å². The molecule has 19 heavy (non-hydrogen) atoms. The number of benzene rings is 1. The van der Waals surface area contributed by atoms with Crippen molar-refractivity contribution in [1.82, 2.24) is 5.32 Å². The number of aliphatic imine (C=N–C) groups is 1. The summed E-state index contributed by atoms with van der Waals surface area (Å²) in [6.45, 7) is 11.2. The van der Waals surface area contributed by atoms with Crippen molar-refractivity contribution in [3.05, 3.63) is 34.4 Å². The molecule has 0 aliphatic heterocycles. The van der Waals surface area contributed by atoms with Crippen LogP contribution in [0.25, 0.3) is 0 Å². The van der Waals surface area contributed by atoms with Crippen LogP contribution in [-0.4, -0.2) is 12.0 Å². The average Bonchev–Trinajstić information content (AvgIpc) is 2.27. The lowest BCUT2D eigenvalue weighted by atomic mass is 10.00. The molecule has 4 heteroatoms. The van der Waals surface area contributed by atoms with Crippen LogP contribution in [0, 0.1) is 20.8 Å². The molecule has 0 saturated heterocycles. The summed E-state index contributed by atoms with van der Waals surface area (Å²) in [6, 6.07) is 4.75. The molecule has 0 amide bonds. The molecule has 0 saturated carbocycles. The van der Waals surface area contributed by atoms with Crippen LogP contribution in [-0.2, 0) is 6.54 Å². The van der Waals surface area contributed by atoms with E-state index in [0.29, 0.717) is 18.5 Å². The third kappa shape index (κ3) is 5.80. The van der Waals surface area contributed by atoms with Crippen molar-refractivity contribution in [2.45, 2.75) is 53.6 Å². The number of nitrogens with two attached hydrogens (primary N) is 1. The van der Waals surface area contributed by atoms with Crippen molar-refractivity contribution < 1.29 is 0 Å². The van der Waals surface area contributed by atoms with Crippen molar-refractivity contribution >= 4 is 29.9 Å². The highest BCUT2D eigenvalue weighted by atomic mass is 127. The van der Waals surface area contributed by atoms with E-state index in [9.17, 15) is 0 Å². The van der Waals surface area contributed by atoms with Crippen molar-refractivity contribution in [3.63, 3.8) is 0 Å². The molecule has 0 heterocycles. The SMILES string of the molecule is CCC(C)NC(N)=NCc1c(C)cc(C)cc1C.I. The first-order chi connectivity index (χ1) is 8.43. The maximum absolute atomic E-state index is 5.87. The summed E-state index contributed by atoms with van der Waals surface area (Å²) in [4.78, 5) is 4.42. The van der Waals surface area contributed by atoms with Gasteiger partial charge in [-0.3, -0.25) is 0 Å². The van der Waals surface area contributed by atoms with Crippen LogP contribution in [0.1, 0.15) is 42.5 Å². The summed E-state index contributed by atoms with van der Waals surface area (Å²) in [5.41, 5.74) is 11.0. The standard InChI is InChI=1S/C15H25N3.HI/c1-6-13(5)18-15(16)17-9-14-11(3)7-10(2)8-12(14)4;/h7-8,13H,6,9H2,1-5H3,(H3,16,17,18);1H. The van der Waals surface area contributed by atoms with E-state index < -0.39 is 0 Å². The number of rotatable bonds is 4. The van der Waals surface area contributed by atoms with Gasteiger partial charge in [-0.15, -0.1) is 24.0 Å². The van der Waals surface area contributed by atoms with Crippen molar-refractivity contribution in [1.29, 1.82) is 0 Å². The monoisotopic (exact) mass is 375 g/mol. The lowest BCUT2D eigenvalue weighted by molar-refractivity contribution is 0.636. The Kier molecular flexibility index (Phi) is 8.06. The van der Waals surface area contributed by atoms with E-state index >= 15 is 0 Å². The molecular weight excluding hydrogens is 349 g/mol. The van der Waals surface area contributed by atoms with Gasteiger partial charge < -0.3 is 11.1 Å². The Hall–Kier alpha value is -0.780. The minimum atomic E-state index is 0. The number of halogens is 1. The molecular formula is C15H26IN3. The van der Waals surface area contributed by atoms with E-state index in [1.807, 2.05) is 0 Å². The first-order valence-corrected chi connectivity index (χ1v) is 6.57. The van der Waals surface area contributed by atoms with E-state index in [-0.39, 0.29) is 24.0 Å². The zero-order valence-corrected chi connectivity index (χ0v) is 14.9. The Bertz CT molecular complexity index is 418. The number of hydrogen-bond acceptors (Lipinski definition) is 1. The van der Waals surface area contributed by atoms with Crippen LogP contribution in [0.3, 0.4) is 0 Å². The second kappa shape index (κ2) is 8.40. The van der Waals surface area contributed by atoms with Gasteiger partial charge in [0.1, 0.15) is 0 Å². The molecule has 0 radical (unpaired) electrons. The van der Waals surface area contributed by atoms with Crippen LogP contribution in [0.2, 0.25) is 0 Å². The summed E-state index contributed by atoms with van der Waals surface area (Å²) in [5, 5.41) is 3.18. The highest BCUT2D eigenvalue weighted by Gasteiger charge is 2.04. The Morgan fingerprint density at radius 2 is 1.79 bits per heavy atom. The van der Waals surface area contributed by atoms with E-state index in [2.05, 4.69) is 57.1 Å². The van der Waals surface area contributed by atoms with Crippen LogP contribution in [0.15, 0.2) is 17.1 Å².